The van der Waals surface area contributed by atoms with Crippen LogP contribution in [0.5, 0.6) is 5.75 Å². The van der Waals surface area contributed by atoms with Crippen molar-refractivity contribution >= 4 is 33.3 Å². The highest BCUT2D eigenvalue weighted by Crippen LogP contribution is 2.34. The molecule has 0 saturated heterocycles. The Balaban J connectivity index is 2.23. The average Bonchev–Trinajstić information content (AvgIpc) is 2.61. The average molecular weight is 417 g/mol. The topological polar surface area (TPSA) is 50.4 Å². The maximum absolute atomic E-state index is 12.4. The minimum Gasteiger partial charge on any atom is -0.491 e. The number of urea groups is 1. The molecule has 0 aliphatic carbocycles. The molecule has 0 spiro atoms. The Hall–Kier alpha value is -2.27. The van der Waals surface area contributed by atoms with Gasteiger partial charge in [0.15, 0.2) is 0 Å². The van der Waals surface area contributed by atoms with Gasteiger partial charge in [0.1, 0.15) is 5.75 Å². The molecule has 0 atom stereocenters. The summed E-state index contributed by atoms with van der Waals surface area (Å²) in [7, 11) is 0. The third kappa shape index (κ3) is 5.92. The Labute approximate surface area is 163 Å². The number of halogens is 1. The predicted molar refractivity (Wildman–Crippen MR) is 112 cm³/mol. The number of amides is 2. The van der Waals surface area contributed by atoms with Gasteiger partial charge < -0.3 is 15.4 Å². The van der Waals surface area contributed by atoms with Crippen molar-refractivity contribution in [2.45, 2.75) is 33.6 Å². The van der Waals surface area contributed by atoms with Crippen LogP contribution < -0.4 is 15.4 Å². The first-order valence-corrected chi connectivity index (χ1v) is 9.53. The molecular weight excluding hydrogens is 392 g/mol. The molecule has 0 radical (unpaired) electrons. The summed E-state index contributed by atoms with van der Waals surface area (Å²) in [4.78, 5) is 12.4. The van der Waals surface area contributed by atoms with Crippen molar-refractivity contribution in [2.75, 3.05) is 17.2 Å². The number of anilines is 2. The summed E-state index contributed by atoms with van der Waals surface area (Å²) >= 11 is 3.52. The lowest BCUT2D eigenvalue weighted by atomic mass is 10.1. The third-order valence-electron chi connectivity index (χ3n) is 3.71. The quantitative estimate of drug-likeness (QED) is 0.519. The third-order valence-corrected chi connectivity index (χ3v) is 4.17. The molecule has 5 heteroatoms. The number of allylic oxidation sites excluding steroid dienone is 2. The van der Waals surface area contributed by atoms with Gasteiger partial charge in [0, 0.05) is 15.7 Å². The van der Waals surface area contributed by atoms with Crippen molar-refractivity contribution in [3.05, 3.63) is 64.1 Å². The molecule has 2 aromatic carbocycles. The summed E-state index contributed by atoms with van der Waals surface area (Å²) in [6.07, 6.45) is 5.70. The summed E-state index contributed by atoms with van der Waals surface area (Å²) in [5, 5.41) is 5.76. The zero-order valence-corrected chi connectivity index (χ0v) is 17.0. The number of aryl methyl sites for hydroxylation is 1. The molecule has 4 nitrogen and oxygen atoms in total. The lowest BCUT2D eigenvalue weighted by molar-refractivity contribution is 0.261. The molecule has 2 N–H and O–H groups in total. The van der Waals surface area contributed by atoms with Gasteiger partial charge in [-0.15, -0.1) is 0 Å². The smallest absolute Gasteiger partial charge is 0.323 e. The molecule has 0 unspecified atom stereocenters. The van der Waals surface area contributed by atoms with Crippen LogP contribution in [-0.4, -0.2) is 12.6 Å². The lowest BCUT2D eigenvalue weighted by Crippen LogP contribution is -2.20. The molecule has 0 aliphatic heterocycles. The fourth-order valence-electron chi connectivity index (χ4n) is 2.44. The summed E-state index contributed by atoms with van der Waals surface area (Å²) in [6, 6.07) is 11.3. The fourth-order valence-corrected chi connectivity index (χ4v) is 2.94. The molecule has 2 aromatic rings. The van der Waals surface area contributed by atoms with Crippen LogP contribution in [0.1, 0.15) is 31.4 Å². The van der Waals surface area contributed by atoms with E-state index in [1.807, 2.05) is 56.3 Å². The Morgan fingerprint density at radius 1 is 1.19 bits per heavy atom. The maximum Gasteiger partial charge on any atom is 0.323 e. The second kappa shape index (κ2) is 10.0. The van der Waals surface area contributed by atoms with Crippen LogP contribution in [0, 0.1) is 6.92 Å². The van der Waals surface area contributed by atoms with E-state index in [1.165, 1.54) is 0 Å². The molecule has 0 aliphatic rings. The molecule has 0 aromatic heterocycles. The largest absolute Gasteiger partial charge is 0.491 e. The van der Waals surface area contributed by atoms with E-state index in [1.54, 1.807) is 0 Å². The van der Waals surface area contributed by atoms with Crippen LogP contribution in [0.3, 0.4) is 0 Å². The Bertz CT molecular complexity index is 770. The number of rotatable bonds is 7. The summed E-state index contributed by atoms with van der Waals surface area (Å²) in [6.45, 7) is 6.65. The number of benzene rings is 2. The number of hydrogen-bond donors (Lipinski definition) is 2. The molecule has 2 rings (SSSR count). The Kier molecular flexibility index (Phi) is 7.73. The van der Waals surface area contributed by atoms with E-state index in [9.17, 15) is 4.79 Å². The van der Waals surface area contributed by atoms with Crippen molar-refractivity contribution in [1.29, 1.82) is 0 Å². The van der Waals surface area contributed by atoms with E-state index in [0.29, 0.717) is 18.0 Å². The van der Waals surface area contributed by atoms with Gasteiger partial charge in [-0.3, -0.25) is 0 Å². The van der Waals surface area contributed by atoms with E-state index >= 15 is 0 Å². The molecule has 0 fully saturated rings. The Morgan fingerprint density at radius 3 is 2.58 bits per heavy atom. The monoisotopic (exact) mass is 416 g/mol. The van der Waals surface area contributed by atoms with Crippen LogP contribution in [0.2, 0.25) is 0 Å². The summed E-state index contributed by atoms with van der Waals surface area (Å²) in [5.41, 5.74) is 3.56. The van der Waals surface area contributed by atoms with Gasteiger partial charge >= 0.3 is 6.03 Å². The second-order valence-corrected chi connectivity index (χ2v) is 6.92. The van der Waals surface area contributed by atoms with Gasteiger partial charge in [-0.2, -0.15) is 0 Å². The molecule has 138 valence electrons. The van der Waals surface area contributed by atoms with E-state index in [0.717, 1.165) is 34.1 Å². The fraction of sp³-hybridized carbons (Fsp3) is 0.286. The highest BCUT2D eigenvalue weighted by atomic mass is 79.9. The molecular formula is C21H25BrN2O2. The van der Waals surface area contributed by atoms with Gasteiger partial charge in [0.2, 0.25) is 0 Å². The maximum atomic E-state index is 12.4. The minimum absolute atomic E-state index is 0.301. The number of carbonyl (C=O) groups is 1. The number of carbonyl (C=O) groups excluding carboxylic acids is 1. The van der Waals surface area contributed by atoms with Crippen molar-refractivity contribution < 1.29 is 9.53 Å². The van der Waals surface area contributed by atoms with Crippen molar-refractivity contribution in [2.24, 2.45) is 0 Å². The molecule has 0 saturated carbocycles. The molecule has 26 heavy (non-hydrogen) atoms. The van der Waals surface area contributed by atoms with E-state index in [4.69, 9.17) is 4.74 Å². The standard InChI is InChI=1S/C21H25BrN2O2/c1-4-6-7-16-13-17(22)14-19(20(16)26-12-5-2)24-21(25)23-18-10-8-15(3)9-11-18/h4,6,8-11,13-14H,5,7,12H2,1-3H3,(H2,23,24,25). The van der Waals surface area contributed by atoms with E-state index in [2.05, 4.69) is 39.6 Å². The first-order valence-electron chi connectivity index (χ1n) is 8.74. The number of ether oxygens (including phenoxy) is 1. The van der Waals surface area contributed by atoms with Crippen molar-refractivity contribution in [1.82, 2.24) is 0 Å². The van der Waals surface area contributed by atoms with Gasteiger partial charge in [0.25, 0.3) is 0 Å². The normalized spacial score (nSPS) is 10.8. The van der Waals surface area contributed by atoms with Crippen LogP contribution in [-0.2, 0) is 6.42 Å². The van der Waals surface area contributed by atoms with Gasteiger partial charge in [-0.25, -0.2) is 4.79 Å². The lowest BCUT2D eigenvalue weighted by Gasteiger charge is -2.17. The highest BCUT2D eigenvalue weighted by molar-refractivity contribution is 9.10. The van der Waals surface area contributed by atoms with E-state index in [-0.39, 0.29) is 6.03 Å². The SMILES string of the molecule is CC=CCc1cc(Br)cc(NC(=O)Nc2ccc(C)cc2)c1OCCC. The number of nitrogens with one attached hydrogen (secondary N) is 2. The van der Waals surface area contributed by atoms with Crippen LogP contribution in [0.15, 0.2) is 53.0 Å². The second-order valence-electron chi connectivity index (χ2n) is 6.01. The first kappa shape index (κ1) is 20.0. The van der Waals surface area contributed by atoms with Gasteiger partial charge in [0.05, 0.1) is 12.3 Å². The highest BCUT2D eigenvalue weighted by Gasteiger charge is 2.14. The molecule has 0 heterocycles. The molecule has 0 bridgehead atoms. The van der Waals surface area contributed by atoms with Crippen LogP contribution >= 0.6 is 15.9 Å². The van der Waals surface area contributed by atoms with Crippen LogP contribution in [0.4, 0.5) is 16.2 Å². The Morgan fingerprint density at radius 2 is 1.92 bits per heavy atom. The first-order chi connectivity index (χ1) is 12.5. The van der Waals surface area contributed by atoms with Crippen LogP contribution in [0.25, 0.3) is 0 Å². The predicted octanol–water partition coefficient (Wildman–Crippen LogP) is 6.31. The molecule has 2 amide bonds. The summed E-state index contributed by atoms with van der Waals surface area (Å²) < 4.78 is 6.83. The van der Waals surface area contributed by atoms with Gasteiger partial charge in [-0.05, 0) is 51.0 Å². The minimum atomic E-state index is -0.301. The van der Waals surface area contributed by atoms with Crippen molar-refractivity contribution in [3.63, 3.8) is 0 Å². The zero-order valence-electron chi connectivity index (χ0n) is 15.4. The summed E-state index contributed by atoms with van der Waals surface area (Å²) in [5.74, 6) is 0.715. The van der Waals surface area contributed by atoms with Crippen molar-refractivity contribution in [3.8, 4) is 5.75 Å². The van der Waals surface area contributed by atoms with Gasteiger partial charge in [-0.1, -0.05) is 52.7 Å². The number of hydrogen-bond acceptors (Lipinski definition) is 2. The zero-order chi connectivity index (χ0) is 18.9. The van der Waals surface area contributed by atoms with E-state index < -0.39 is 0 Å².